The lowest BCUT2D eigenvalue weighted by atomic mass is 10.2. The SMILES string of the molecule is CCNC(=NCc1cn(CC(=O)OC)nn1)NC1CC(C)N(Cc2ccccc2)C1. The highest BCUT2D eigenvalue weighted by molar-refractivity contribution is 5.80. The number of guanidine groups is 1. The molecule has 0 amide bonds. The van der Waals surface area contributed by atoms with Crippen molar-refractivity contribution in [3.8, 4) is 0 Å². The van der Waals surface area contributed by atoms with Crippen LogP contribution >= 0.6 is 0 Å². The monoisotopic (exact) mass is 413 g/mol. The molecule has 0 saturated carbocycles. The van der Waals surface area contributed by atoms with Gasteiger partial charge in [-0.05, 0) is 25.8 Å². The van der Waals surface area contributed by atoms with Crippen molar-refractivity contribution in [3.05, 3.63) is 47.8 Å². The number of carbonyl (C=O) groups excluding carboxylic acids is 1. The smallest absolute Gasteiger partial charge is 0.327 e. The van der Waals surface area contributed by atoms with Crippen LogP contribution in [0.3, 0.4) is 0 Å². The molecule has 30 heavy (non-hydrogen) atoms. The lowest BCUT2D eigenvalue weighted by Gasteiger charge is -2.21. The number of aromatic nitrogens is 3. The molecule has 3 rings (SSSR count). The molecule has 1 aromatic heterocycles. The Balaban J connectivity index is 1.55. The molecule has 1 aliphatic heterocycles. The molecule has 2 atom stereocenters. The molecule has 1 saturated heterocycles. The third-order valence-corrected chi connectivity index (χ3v) is 5.12. The number of likely N-dealkylation sites (tertiary alicyclic amines) is 1. The molecule has 2 N–H and O–H groups in total. The molecule has 0 radical (unpaired) electrons. The molecule has 0 aliphatic carbocycles. The first-order valence-electron chi connectivity index (χ1n) is 10.4. The van der Waals surface area contributed by atoms with E-state index in [1.807, 2.05) is 6.92 Å². The van der Waals surface area contributed by atoms with Crippen molar-refractivity contribution >= 4 is 11.9 Å². The van der Waals surface area contributed by atoms with Crippen LogP contribution in [0.5, 0.6) is 0 Å². The molecule has 0 bridgehead atoms. The maximum absolute atomic E-state index is 11.3. The van der Waals surface area contributed by atoms with Crippen LogP contribution in [-0.4, -0.2) is 64.1 Å². The summed E-state index contributed by atoms with van der Waals surface area (Å²) >= 11 is 0. The number of methoxy groups -OCH3 is 1. The number of esters is 1. The van der Waals surface area contributed by atoms with Crippen molar-refractivity contribution in [3.63, 3.8) is 0 Å². The quantitative estimate of drug-likeness (QED) is 0.381. The first-order chi connectivity index (χ1) is 14.6. The van der Waals surface area contributed by atoms with Crippen molar-refractivity contribution in [1.29, 1.82) is 0 Å². The Labute approximate surface area is 177 Å². The van der Waals surface area contributed by atoms with E-state index in [1.54, 1.807) is 6.20 Å². The molecule has 1 fully saturated rings. The van der Waals surface area contributed by atoms with Crippen LogP contribution < -0.4 is 10.6 Å². The minimum Gasteiger partial charge on any atom is -0.468 e. The van der Waals surface area contributed by atoms with Crippen LogP contribution in [0.1, 0.15) is 31.5 Å². The zero-order valence-electron chi connectivity index (χ0n) is 17.9. The van der Waals surface area contributed by atoms with E-state index in [0.717, 1.165) is 32.0 Å². The van der Waals surface area contributed by atoms with E-state index in [2.05, 4.69) is 72.8 Å². The number of aliphatic imine (C=N–C) groups is 1. The van der Waals surface area contributed by atoms with Gasteiger partial charge < -0.3 is 15.4 Å². The van der Waals surface area contributed by atoms with E-state index in [0.29, 0.717) is 24.3 Å². The highest BCUT2D eigenvalue weighted by atomic mass is 16.5. The zero-order valence-corrected chi connectivity index (χ0v) is 17.9. The fourth-order valence-corrected chi connectivity index (χ4v) is 3.60. The minimum absolute atomic E-state index is 0.0444. The molecular weight excluding hydrogens is 382 g/mol. The molecule has 162 valence electrons. The second kappa shape index (κ2) is 10.7. The van der Waals surface area contributed by atoms with E-state index in [-0.39, 0.29) is 12.5 Å². The summed E-state index contributed by atoms with van der Waals surface area (Å²) in [5, 5.41) is 14.9. The number of nitrogens with one attached hydrogen (secondary N) is 2. The fourth-order valence-electron chi connectivity index (χ4n) is 3.60. The van der Waals surface area contributed by atoms with Crippen LogP contribution in [0.15, 0.2) is 41.5 Å². The van der Waals surface area contributed by atoms with E-state index in [4.69, 9.17) is 0 Å². The van der Waals surface area contributed by atoms with Crippen LogP contribution in [-0.2, 0) is 29.2 Å². The van der Waals surface area contributed by atoms with Crippen LogP contribution in [0.25, 0.3) is 0 Å². The second-order valence-corrected chi connectivity index (χ2v) is 7.52. The molecule has 2 aromatic rings. The zero-order chi connectivity index (χ0) is 21.3. The first kappa shape index (κ1) is 21.8. The van der Waals surface area contributed by atoms with E-state index in [9.17, 15) is 4.79 Å². The van der Waals surface area contributed by atoms with Gasteiger partial charge in [-0.2, -0.15) is 0 Å². The van der Waals surface area contributed by atoms with Crippen molar-refractivity contribution in [2.24, 2.45) is 4.99 Å². The third-order valence-electron chi connectivity index (χ3n) is 5.12. The standard InChI is InChI=1S/C21H31N7O2/c1-4-22-21(23-11-19-14-28(26-25-19)15-20(29)30-3)24-18-10-16(2)27(13-18)12-17-8-6-5-7-9-17/h5-9,14,16,18H,4,10-13,15H2,1-3H3,(H2,22,23,24). The Morgan fingerprint density at radius 2 is 2.13 bits per heavy atom. The van der Waals surface area contributed by atoms with E-state index >= 15 is 0 Å². The number of benzene rings is 1. The number of hydrogen-bond donors (Lipinski definition) is 2. The number of nitrogens with zero attached hydrogens (tertiary/aromatic N) is 5. The van der Waals surface area contributed by atoms with Crippen molar-refractivity contribution in [2.75, 3.05) is 20.2 Å². The lowest BCUT2D eigenvalue weighted by Crippen LogP contribution is -2.44. The number of ether oxygens (including phenoxy) is 1. The van der Waals surface area contributed by atoms with Gasteiger partial charge in [0.1, 0.15) is 12.2 Å². The summed E-state index contributed by atoms with van der Waals surface area (Å²) in [6.45, 7) is 7.44. The summed E-state index contributed by atoms with van der Waals surface area (Å²) in [5.74, 6) is 0.402. The van der Waals surface area contributed by atoms with E-state index < -0.39 is 0 Å². The Morgan fingerprint density at radius 3 is 2.87 bits per heavy atom. The van der Waals surface area contributed by atoms with Gasteiger partial charge in [-0.25, -0.2) is 9.67 Å². The minimum atomic E-state index is -0.361. The summed E-state index contributed by atoms with van der Waals surface area (Å²) < 4.78 is 6.10. The fraction of sp³-hybridized carbons (Fsp3) is 0.524. The Hall–Kier alpha value is -2.94. The first-order valence-corrected chi connectivity index (χ1v) is 10.4. The largest absolute Gasteiger partial charge is 0.468 e. The van der Waals surface area contributed by atoms with Crippen molar-refractivity contribution in [1.82, 2.24) is 30.5 Å². The lowest BCUT2D eigenvalue weighted by molar-refractivity contribution is -0.141. The second-order valence-electron chi connectivity index (χ2n) is 7.52. The van der Waals surface area contributed by atoms with Gasteiger partial charge in [0.05, 0.1) is 19.9 Å². The Morgan fingerprint density at radius 1 is 1.33 bits per heavy atom. The average Bonchev–Trinajstić information content (AvgIpc) is 3.33. The van der Waals surface area contributed by atoms with Gasteiger partial charge in [0.25, 0.3) is 0 Å². The highest BCUT2D eigenvalue weighted by Gasteiger charge is 2.29. The topological polar surface area (TPSA) is 96.7 Å². The molecule has 9 nitrogen and oxygen atoms in total. The van der Waals surface area contributed by atoms with Gasteiger partial charge in [0.15, 0.2) is 5.96 Å². The van der Waals surface area contributed by atoms with Crippen LogP contribution in [0.4, 0.5) is 0 Å². The summed E-state index contributed by atoms with van der Waals surface area (Å²) in [4.78, 5) is 18.5. The van der Waals surface area contributed by atoms with Crippen molar-refractivity contribution < 1.29 is 9.53 Å². The Bertz CT molecular complexity index is 837. The summed E-state index contributed by atoms with van der Waals surface area (Å²) in [7, 11) is 1.35. The van der Waals surface area contributed by atoms with Gasteiger partial charge in [-0.3, -0.25) is 9.69 Å². The summed E-state index contributed by atoms with van der Waals surface area (Å²) in [5.41, 5.74) is 2.03. The number of carbonyl (C=O) groups is 1. The van der Waals surface area contributed by atoms with Gasteiger partial charge in [-0.15, -0.1) is 5.10 Å². The molecule has 2 unspecified atom stereocenters. The predicted molar refractivity (Wildman–Crippen MR) is 115 cm³/mol. The summed E-state index contributed by atoms with van der Waals surface area (Å²) in [6.07, 6.45) is 2.77. The molecule has 9 heteroatoms. The number of rotatable bonds is 8. The maximum Gasteiger partial charge on any atom is 0.327 e. The molecule has 1 aliphatic rings. The van der Waals surface area contributed by atoms with Crippen LogP contribution in [0.2, 0.25) is 0 Å². The van der Waals surface area contributed by atoms with E-state index in [1.165, 1.54) is 17.4 Å². The van der Waals surface area contributed by atoms with Gasteiger partial charge in [-0.1, -0.05) is 35.5 Å². The molecule has 2 heterocycles. The van der Waals surface area contributed by atoms with Crippen LogP contribution in [0, 0.1) is 0 Å². The normalized spacial score (nSPS) is 19.6. The van der Waals surface area contributed by atoms with Crippen molar-refractivity contribution in [2.45, 2.75) is 52.0 Å². The highest BCUT2D eigenvalue weighted by Crippen LogP contribution is 2.20. The van der Waals surface area contributed by atoms with Gasteiger partial charge in [0.2, 0.25) is 0 Å². The third kappa shape index (κ3) is 6.28. The van der Waals surface area contributed by atoms with Gasteiger partial charge >= 0.3 is 5.97 Å². The number of hydrogen-bond acceptors (Lipinski definition) is 6. The molecule has 0 spiro atoms. The maximum atomic E-state index is 11.3. The predicted octanol–water partition coefficient (Wildman–Crippen LogP) is 1.17. The molecular formula is C21H31N7O2. The molecule has 1 aromatic carbocycles. The summed E-state index contributed by atoms with van der Waals surface area (Å²) in [6, 6.07) is 11.4. The Kier molecular flexibility index (Phi) is 7.78. The van der Waals surface area contributed by atoms with Gasteiger partial charge in [0, 0.05) is 31.7 Å². The average molecular weight is 414 g/mol.